The Labute approximate surface area is 173 Å². The molecule has 0 fully saturated rings. The van der Waals surface area contributed by atoms with E-state index in [2.05, 4.69) is 43.1 Å². The van der Waals surface area contributed by atoms with Crippen molar-refractivity contribution in [3.8, 4) is 0 Å². The zero-order valence-corrected chi connectivity index (χ0v) is 17.5. The first-order chi connectivity index (χ1) is 12.4. The van der Waals surface area contributed by atoms with Gasteiger partial charge in [-0.25, -0.2) is 9.67 Å². The van der Waals surface area contributed by atoms with Crippen molar-refractivity contribution in [1.82, 2.24) is 24.5 Å². The first-order valence-corrected chi connectivity index (χ1v) is 9.57. The minimum absolute atomic E-state index is 0.169. The molecule has 0 radical (unpaired) electrons. The van der Waals surface area contributed by atoms with E-state index in [1.165, 1.54) is 0 Å². The van der Waals surface area contributed by atoms with Crippen LogP contribution in [0.3, 0.4) is 0 Å². The van der Waals surface area contributed by atoms with Crippen LogP contribution in [0, 0.1) is 10.5 Å². The molecule has 0 bridgehead atoms. The van der Waals surface area contributed by atoms with Crippen molar-refractivity contribution in [3.63, 3.8) is 0 Å². The number of hydrogen-bond acceptors (Lipinski definition) is 4. The molecular weight excluding hydrogens is 490 g/mol. The van der Waals surface area contributed by atoms with E-state index in [9.17, 15) is 4.79 Å². The van der Waals surface area contributed by atoms with E-state index in [0.29, 0.717) is 23.1 Å². The van der Waals surface area contributed by atoms with Gasteiger partial charge in [-0.2, -0.15) is 5.10 Å². The van der Waals surface area contributed by atoms with Crippen LogP contribution >= 0.6 is 45.8 Å². The van der Waals surface area contributed by atoms with Gasteiger partial charge in [0.1, 0.15) is 6.33 Å². The van der Waals surface area contributed by atoms with Crippen molar-refractivity contribution in [2.75, 3.05) is 5.32 Å². The molecule has 3 rings (SSSR count). The standard InChI is InChI=1S/C16H15Cl2IN6O/c1-10-14(19)7-21-25(10)5-4-15(26)22-16-20-9-24(23-16)8-11-2-3-12(17)6-13(11)18/h2-3,6-7,9H,4-5,8H2,1H3,(H,22,23,26). The Bertz CT molecular complexity index is 939. The van der Waals surface area contributed by atoms with Crippen molar-refractivity contribution in [2.24, 2.45) is 0 Å². The highest BCUT2D eigenvalue weighted by Crippen LogP contribution is 2.21. The average molecular weight is 505 g/mol. The number of halogens is 3. The van der Waals surface area contributed by atoms with Crippen molar-refractivity contribution in [3.05, 3.63) is 55.6 Å². The van der Waals surface area contributed by atoms with Crippen LogP contribution in [-0.4, -0.2) is 30.5 Å². The van der Waals surface area contributed by atoms with Gasteiger partial charge in [0.05, 0.1) is 22.9 Å². The SMILES string of the molecule is Cc1c(I)cnn1CCC(=O)Nc1ncn(Cc2ccc(Cl)cc2Cl)n1. The quantitative estimate of drug-likeness (QED) is 0.518. The zero-order valence-electron chi connectivity index (χ0n) is 13.8. The maximum Gasteiger partial charge on any atom is 0.248 e. The molecule has 2 heterocycles. The normalized spacial score (nSPS) is 10.9. The molecule has 7 nitrogen and oxygen atoms in total. The van der Waals surface area contributed by atoms with Crippen molar-refractivity contribution in [1.29, 1.82) is 0 Å². The molecule has 0 aliphatic carbocycles. The molecule has 10 heteroatoms. The van der Waals surface area contributed by atoms with Crippen LogP contribution < -0.4 is 5.32 Å². The fourth-order valence-electron chi connectivity index (χ4n) is 2.30. The number of carbonyl (C=O) groups excluding carboxylic acids is 1. The number of carbonyl (C=O) groups is 1. The summed E-state index contributed by atoms with van der Waals surface area (Å²) in [6.07, 6.45) is 3.61. The van der Waals surface area contributed by atoms with Crippen LogP contribution in [0.5, 0.6) is 0 Å². The topological polar surface area (TPSA) is 77.6 Å². The Morgan fingerprint density at radius 2 is 2.15 bits per heavy atom. The molecular formula is C16H15Cl2IN6O. The van der Waals surface area contributed by atoms with Gasteiger partial charge < -0.3 is 0 Å². The lowest BCUT2D eigenvalue weighted by Crippen LogP contribution is -2.16. The van der Waals surface area contributed by atoms with Crippen LogP contribution in [0.15, 0.2) is 30.7 Å². The highest BCUT2D eigenvalue weighted by Gasteiger charge is 2.10. The van der Waals surface area contributed by atoms with E-state index in [0.717, 1.165) is 14.8 Å². The summed E-state index contributed by atoms with van der Waals surface area (Å²) in [7, 11) is 0. The summed E-state index contributed by atoms with van der Waals surface area (Å²) < 4.78 is 4.48. The number of aryl methyl sites for hydroxylation is 1. The minimum Gasteiger partial charge on any atom is -0.293 e. The first kappa shape index (κ1) is 19.1. The fraction of sp³-hybridized carbons (Fsp3) is 0.250. The number of amides is 1. The van der Waals surface area contributed by atoms with Gasteiger partial charge >= 0.3 is 0 Å². The average Bonchev–Trinajstić information content (AvgIpc) is 3.16. The lowest BCUT2D eigenvalue weighted by atomic mass is 10.2. The number of anilines is 1. The largest absolute Gasteiger partial charge is 0.293 e. The monoisotopic (exact) mass is 504 g/mol. The first-order valence-electron chi connectivity index (χ1n) is 7.73. The van der Waals surface area contributed by atoms with Gasteiger partial charge in [-0.3, -0.25) is 14.8 Å². The Morgan fingerprint density at radius 1 is 1.35 bits per heavy atom. The van der Waals surface area contributed by atoms with Crippen LogP contribution in [0.4, 0.5) is 5.95 Å². The zero-order chi connectivity index (χ0) is 18.7. The molecule has 1 aromatic carbocycles. The molecule has 0 aliphatic rings. The second kappa shape index (κ2) is 8.36. The smallest absolute Gasteiger partial charge is 0.248 e. The van der Waals surface area contributed by atoms with Crippen LogP contribution in [0.1, 0.15) is 17.7 Å². The Hall–Kier alpha value is -1.65. The van der Waals surface area contributed by atoms with Gasteiger partial charge in [0.25, 0.3) is 0 Å². The van der Waals surface area contributed by atoms with Gasteiger partial charge in [0.2, 0.25) is 11.9 Å². The summed E-state index contributed by atoms with van der Waals surface area (Å²) >= 11 is 14.3. The van der Waals surface area contributed by atoms with E-state index >= 15 is 0 Å². The number of rotatable bonds is 6. The highest BCUT2D eigenvalue weighted by molar-refractivity contribution is 14.1. The maximum atomic E-state index is 12.1. The molecule has 136 valence electrons. The fourth-order valence-corrected chi connectivity index (χ4v) is 3.17. The summed E-state index contributed by atoms with van der Waals surface area (Å²) in [6, 6.07) is 5.27. The number of hydrogen-bond donors (Lipinski definition) is 1. The third-order valence-corrected chi connectivity index (χ3v) is 5.38. The van der Waals surface area contributed by atoms with Crippen LogP contribution in [-0.2, 0) is 17.9 Å². The van der Waals surface area contributed by atoms with Gasteiger partial charge in [-0.15, -0.1) is 5.10 Å². The van der Waals surface area contributed by atoms with E-state index < -0.39 is 0 Å². The summed E-state index contributed by atoms with van der Waals surface area (Å²) in [6.45, 7) is 2.91. The summed E-state index contributed by atoms with van der Waals surface area (Å²) in [4.78, 5) is 16.2. The molecule has 0 atom stereocenters. The third kappa shape index (κ3) is 4.74. The number of nitrogens with one attached hydrogen (secondary N) is 1. The maximum absolute atomic E-state index is 12.1. The summed E-state index contributed by atoms with van der Waals surface area (Å²) in [5.74, 6) is 0.0871. The van der Waals surface area contributed by atoms with Crippen LogP contribution in [0.2, 0.25) is 10.0 Å². The predicted octanol–water partition coefficient (Wildman–Crippen LogP) is 3.77. The van der Waals surface area contributed by atoms with Gasteiger partial charge in [-0.1, -0.05) is 29.3 Å². The van der Waals surface area contributed by atoms with Gasteiger partial charge in [-0.05, 0) is 47.2 Å². The molecule has 0 unspecified atom stereocenters. The van der Waals surface area contributed by atoms with E-state index in [1.807, 2.05) is 13.0 Å². The molecule has 1 amide bonds. The Balaban J connectivity index is 1.56. The summed E-state index contributed by atoms with van der Waals surface area (Å²) in [5.41, 5.74) is 1.91. The number of aromatic nitrogens is 5. The molecule has 3 aromatic rings. The number of benzene rings is 1. The molecule has 0 spiro atoms. The third-order valence-electron chi connectivity index (χ3n) is 3.73. The second-order valence-electron chi connectivity index (χ2n) is 5.60. The molecule has 1 N–H and O–H groups in total. The molecule has 26 heavy (non-hydrogen) atoms. The van der Waals surface area contributed by atoms with Crippen molar-refractivity contribution < 1.29 is 4.79 Å². The predicted molar refractivity (Wildman–Crippen MR) is 109 cm³/mol. The minimum atomic E-state index is -0.169. The molecule has 0 saturated heterocycles. The lowest BCUT2D eigenvalue weighted by molar-refractivity contribution is -0.116. The molecule has 2 aromatic heterocycles. The van der Waals surface area contributed by atoms with Gasteiger partial charge in [0.15, 0.2) is 0 Å². The highest BCUT2D eigenvalue weighted by atomic mass is 127. The van der Waals surface area contributed by atoms with E-state index in [1.54, 1.807) is 34.0 Å². The Morgan fingerprint density at radius 3 is 2.85 bits per heavy atom. The Kier molecular flexibility index (Phi) is 6.15. The number of nitrogens with zero attached hydrogens (tertiary/aromatic N) is 5. The summed E-state index contributed by atoms with van der Waals surface area (Å²) in [5, 5.41) is 12.3. The van der Waals surface area contributed by atoms with E-state index in [4.69, 9.17) is 23.2 Å². The molecule has 0 aliphatic heterocycles. The second-order valence-corrected chi connectivity index (χ2v) is 7.61. The van der Waals surface area contributed by atoms with Crippen LogP contribution in [0.25, 0.3) is 0 Å². The molecule has 0 saturated carbocycles. The van der Waals surface area contributed by atoms with E-state index in [-0.39, 0.29) is 18.3 Å². The van der Waals surface area contributed by atoms with Gasteiger partial charge in [0, 0.05) is 22.2 Å². The van der Waals surface area contributed by atoms with Crippen molar-refractivity contribution >= 4 is 57.6 Å². The van der Waals surface area contributed by atoms with Crippen molar-refractivity contribution in [2.45, 2.75) is 26.4 Å². The lowest BCUT2D eigenvalue weighted by Gasteiger charge is -2.05.